The first-order valence-electron chi connectivity index (χ1n) is 8.12. The van der Waals surface area contributed by atoms with Crippen molar-refractivity contribution < 1.29 is 4.79 Å². The molecule has 1 N–H and O–H groups in total. The molecule has 1 atom stereocenters. The van der Waals surface area contributed by atoms with Crippen LogP contribution in [0.2, 0.25) is 0 Å². The number of nitrogens with zero attached hydrogens (tertiary/aromatic N) is 2. The second-order valence-corrected chi connectivity index (χ2v) is 7.79. The number of aromatic nitrogens is 2. The summed E-state index contributed by atoms with van der Waals surface area (Å²) in [4.78, 5) is 17.2. The standard InChI is InChI=1S/C19H21N3OS2/c1-14-20-17(13-25-14)15-5-7-16(8-6-15)21-19(23)18(9-12-24-2)22-10-3-4-11-22/h3-8,10-11,13,18H,9,12H2,1-2H3,(H,21,23)/t18-/m0/s1. The first-order valence-corrected chi connectivity index (χ1v) is 10.4. The maximum atomic E-state index is 12.7. The van der Waals surface area contributed by atoms with Gasteiger partial charge in [-0.1, -0.05) is 12.1 Å². The Kier molecular flexibility index (Phi) is 5.94. The van der Waals surface area contributed by atoms with Crippen LogP contribution in [0.5, 0.6) is 0 Å². The first-order chi connectivity index (χ1) is 12.2. The van der Waals surface area contributed by atoms with Gasteiger partial charge in [-0.25, -0.2) is 4.98 Å². The van der Waals surface area contributed by atoms with Gasteiger partial charge >= 0.3 is 0 Å². The van der Waals surface area contributed by atoms with Gasteiger partial charge in [0.1, 0.15) is 6.04 Å². The molecule has 0 aliphatic carbocycles. The van der Waals surface area contributed by atoms with E-state index in [4.69, 9.17) is 0 Å². The predicted octanol–water partition coefficient (Wildman–Crippen LogP) is 4.85. The summed E-state index contributed by atoms with van der Waals surface area (Å²) in [7, 11) is 0. The summed E-state index contributed by atoms with van der Waals surface area (Å²) in [5.41, 5.74) is 2.85. The molecule has 3 aromatic rings. The van der Waals surface area contributed by atoms with Crippen LogP contribution in [-0.2, 0) is 4.79 Å². The Labute approximate surface area is 156 Å². The number of amides is 1. The molecule has 130 valence electrons. The van der Waals surface area contributed by atoms with Crippen molar-refractivity contribution in [2.24, 2.45) is 0 Å². The number of nitrogens with one attached hydrogen (secondary N) is 1. The van der Waals surface area contributed by atoms with Gasteiger partial charge < -0.3 is 9.88 Å². The van der Waals surface area contributed by atoms with E-state index in [1.165, 1.54) is 0 Å². The van der Waals surface area contributed by atoms with Crippen molar-refractivity contribution in [1.29, 1.82) is 0 Å². The molecule has 6 heteroatoms. The van der Waals surface area contributed by atoms with Crippen molar-refractivity contribution >= 4 is 34.7 Å². The number of thioether (sulfide) groups is 1. The van der Waals surface area contributed by atoms with Gasteiger partial charge in [0.25, 0.3) is 0 Å². The van der Waals surface area contributed by atoms with Crippen LogP contribution in [0.1, 0.15) is 17.5 Å². The highest BCUT2D eigenvalue weighted by molar-refractivity contribution is 7.98. The lowest BCUT2D eigenvalue weighted by molar-refractivity contribution is -0.119. The number of carbonyl (C=O) groups is 1. The summed E-state index contributed by atoms with van der Waals surface area (Å²) in [6.45, 7) is 2.00. The van der Waals surface area contributed by atoms with Crippen LogP contribution in [0.15, 0.2) is 54.2 Å². The lowest BCUT2D eigenvalue weighted by Crippen LogP contribution is -2.25. The minimum atomic E-state index is -0.191. The Morgan fingerprint density at radius 3 is 2.60 bits per heavy atom. The number of hydrogen-bond donors (Lipinski definition) is 1. The number of aryl methyl sites for hydroxylation is 1. The van der Waals surface area contributed by atoms with Gasteiger partial charge in [-0.3, -0.25) is 4.79 Å². The predicted molar refractivity (Wildman–Crippen MR) is 107 cm³/mol. The summed E-state index contributed by atoms with van der Waals surface area (Å²) in [6, 6.07) is 11.6. The zero-order chi connectivity index (χ0) is 17.6. The van der Waals surface area contributed by atoms with Gasteiger partial charge in [-0.2, -0.15) is 11.8 Å². The molecule has 25 heavy (non-hydrogen) atoms. The average molecular weight is 372 g/mol. The van der Waals surface area contributed by atoms with Crippen molar-refractivity contribution in [3.8, 4) is 11.3 Å². The molecule has 0 aliphatic heterocycles. The minimum Gasteiger partial charge on any atom is -0.342 e. The lowest BCUT2D eigenvalue weighted by atomic mass is 10.1. The van der Waals surface area contributed by atoms with Crippen LogP contribution < -0.4 is 5.32 Å². The molecule has 3 rings (SSSR count). The maximum Gasteiger partial charge on any atom is 0.247 e. The molecule has 0 saturated heterocycles. The van der Waals surface area contributed by atoms with Crippen molar-refractivity contribution in [1.82, 2.24) is 9.55 Å². The maximum absolute atomic E-state index is 12.7. The molecule has 0 fully saturated rings. The fraction of sp³-hybridized carbons (Fsp3) is 0.263. The van der Waals surface area contributed by atoms with Crippen LogP contribution in [-0.4, -0.2) is 27.5 Å². The van der Waals surface area contributed by atoms with E-state index in [1.807, 2.05) is 65.7 Å². The molecule has 1 aromatic carbocycles. The Bertz CT molecular complexity index is 810. The van der Waals surface area contributed by atoms with Crippen LogP contribution in [0, 0.1) is 6.92 Å². The Morgan fingerprint density at radius 1 is 1.28 bits per heavy atom. The van der Waals surface area contributed by atoms with E-state index in [9.17, 15) is 4.79 Å². The minimum absolute atomic E-state index is 0.0162. The van der Waals surface area contributed by atoms with E-state index < -0.39 is 0 Å². The highest BCUT2D eigenvalue weighted by atomic mass is 32.2. The monoisotopic (exact) mass is 371 g/mol. The third kappa shape index (κ3) is 4.52. The van der Waals surface area contributed by atoms with Gasteiger partial charge in [-0.15, -0.1) is 11.3 Å². The molecule has 0 aliphatic rings. The van der Waals surface area contributed by atoms with Gasteiger partial charge in [0.05, 0.1) is 10.7 Å². The molecule has 0 bridgehead atoms. The zero-order valence-electron chi connectivity index (χ0n) is 14.3. The second-order valence-electron chi connectivity index (χ2n) is 5.75. The van der Waals surface area contributed by atoms with Gasteiger partial charge in [0.15, 0.2) is 0 Å². The summed E-state index contributed by atoms with van der Waals surface area (Å²) in [5.74, 6) is 0.959. The second kappa shape index (κ2) is 8.36. The van der Waals surface area contributed by atoms with Crippen molar-refractivity contribution in [3.05, 3.63) is 59.2 Å². The summed E-state index contributed by atoms with van der Waals surface area (Å²) < 4.78 is 1.97. The number of hydrogen-bond acceptors (Lipinski definition) is 4. The van der Waals surface area contributed by atoms with Gasteiger partial charge in [0.2, 0.25) is 5.91 Å². The molecular formula is C19H21N3OS2. The van der Waals surface area contributed by atoms with Crippen molar-refractivity contribution in [3.63, 3.8) is 0 Å². The quantitative estimate of drug-likeness (QED) is 0.645. The smallest absolute Gasteiger partial charge is 0.247 e. The van der Waals surface area contributed by atoms with E-state index in [2.05, 4.69) is 16.6 Å². The highest BCUT2D eigenvalue weighted by Gasteiger charge is 2.19. The molecule has 0 saturated carbocycles. The molecule has 2 aromatic heterocycles. The Balaban J connectivity index is 1.70. The van der Waals surface area contributed by atoms with Gasteiger partial charge in [-0.05, 0) is 49.6 Å². The van der Waals surface area contributed by atoms with E-state index in [1.54, 1.807) is 23.1 Å². The first kappa shape index (κ1) is 17.8. The number of anilines is 1. The average Bonchev–Trinajstić information content (AvgIpc) is 3.28. The fourth-order valence-corrected chi connectivity index (χ4v) is 3.73. The summed E-state index contributed by atoms with van der Waals surface area (Å²) >= 11 is 3.39. The van der Waals surface area contributed by atoms with Crippen LogP contribution in [0.25, 0.3) is 11.3 Å². The third-order valence-corrected chi connectivity index (χ3v) is 5.37. The number of benzene rings is 1. The number of thiazole rings is 1. The highest BCUT2D eigenvalue weighted by Crippen LogP contribution is 2.24. The topological polar surface area (TPSA) is 46.9 Å². The van der Waals surface area contributed by atoms with Gasteiger partial charge in [0, 0.05) is 29.0 Å². The van der Waals surface area contributed by atoms with Crippen molar-refractivity contribution in [2.75, 3.05) is 17.3 Å². The zero-order valence-corrected chi connectivity index (χ0v) is 15.9. The van der Waals surface area contributed by atoms with E-state index >= 15 is 0 Å². The van der Waals surface area contributed by atoms with Crippen LogP contribution in [0.4, 0.5) is 5.69 Å². The molecule has 4 nitrogen and oxygen atoms in total. The largest absolute Gasteiger partial charge is 0.342 e. The van der Waals surface area contributed by atoms with E-state index in [-0.39, 0.29) is 11.9 Å². The normalized spacial score (nSPS) is 12.1. The van der Waals surface area contributed by atoms with Crippen LogP contribution in [0.3, 0.4) is 0 Å². The molecule has 0 radical (unpaired) electrons. The lowest BCUT2D eigenvalue weighted by Gasteiger charge is -2.18. The summed E-state index contributed by atoms with van der Waals surface area (Å²) in [5, 5.41) is 6.14. The SMILES string of the molecule is CSCC[C@@H](C(=O)Nc1ccc(-c2csc(C)n2)cc1)n1cccc1. The van der Waals surface area contributed by atoms with Crippen LogP contribution >= 0.6 is 23.1 Å². The molecule has 2 heterocycles. The molecule has 0 unspecified atom stereocenters. The summed E-state index contributed by atoms with van der Waals surface area (Å²) in [6.07, 6.45) is 6.75. The molecule has 1 amide bonds. The number of carbonyl (C=O) groups excluding carboxylic acids is 1. The Morgan fingerprint density at radius 2 is 2.00 bits per heavy atom. The number of rotatable bonds is 7. The Hall–Kier alpha value is -2.05. The third-order valence-electron chi connectivity index (χ3n) is 3.95. The fourth-order valence-electron chi connectivity index (χ4n) is 2.65. The molecular weight excluding hydrogens is 350 g/mol. The van der Waals surface area contributed by atoms with E-state index in [0.29, 0.717) is 0 Å². The molecule has 0 spiro atoms. The van der Waals surface area contributed by atoms with Crippen molar-refractivity contribution in [2.45, 2.75) is 19.4 Å². The van der Waals surface area contributed by atoms with E-state index in [0.717, 1.165) is 34.1 Å².